The summed E-state index contributed by atoms with van der Waals surface area (Å²) in [5.41, 5.74) is -0.990. The highest BCUT2D eigenvalue weighted by molar-refractivity contribution is 5.98. The van der Waals surface area contributed by atoms with E-state index < -0.39 is 28.6 Å². The number of phenolic OH excluding ortho intramolecular Hbond substituents is 2. The van der Waals surface area contributed by atoms with Gasteiger partial charge in [-0.15, -0.1) is 0 Å². The van der Waals surface area contributed by atoms with Gasteiger partial charge in [0.25, 0.3) is 11.2 Å². The maximum atomic E-state index is 12.0. The van der Waals surface area contributed by atoms with Crippen LogP contribution in [0.4, 0.5) is 5.69 Å². The van der Waals surface area contributed by atoms with Crippen LogP contribution in [-0.2, 0) is 6.54 Å². The molecule has 0 aliphatic carbocycles. The van der Waals surface area contributed by atoms with Crippen molar-refractivity contribution in [2.75, 3.05) is 0 Å². The molecule has 0 aliphatic heterocycles. The number of hydrogen-bond donors (Lipinski definition) is 2. The van der Waals surface area contributed by atoms with Crippen molar-refractivity contribution < 1.29 is 19.9 Å². The second kappa shape index (κ2) is 5.45. The largest absolute Gasteiger partial charge is 0.508 e. The van der Waals surface area contributed by atoms with Crippen molar-refractivity contribution in [3.8, 4) is 11.5 Å². The van der Waals surface area contributed by atoms with Gasteiger partial charge in [0.2, 0.25) is 0 Å². The van der Waals surface area contributed by atoms with Gasteiger partial charge in [-0.1, -0.05) is 0 Å². The summed E-state index contributed by atoms with van der Waals surface area (Å²) in [7, 11) is 0. The van der Waals surface area contributed by atoms with Crippen LogP contribution >= 0.6 is 0 Å². The van der Waals surface area contributed by atoms with E-state index >= 15 is 0 Å². The lowest BCUT2D eigenvalue weighted by atomic mass is 10.1. The van der Waals surface area contributed by atoms with E-state index in [4.69, 9.17) is 5.11 Å². The Hall–Kier alpha value is -3.16. The van der Waals surface area contributed by atoms with E-state index in [1.54, 1.807) is 0 Å². The number of aromatic hydroxyl groups is 2. The first-order valence-corrected chi connectivity index (χ1v) is 5.78. The summed E-state index contributed by atoms with van der Waals surface area (Å²) in [4.78, 5) is 33.6. The Labute approximate surface area is 117 Å². The van der Waals surface area contributed by atoms with Crippen molar-refractivity contribution in [2.45, 2.75) is 6.54 Å². The zero-order chi connectivity index (χ0) is 15.6. The van der Waals surface area contributed by atoms with Gasteiger partial charge in [0, 0.05) is 18.2 Å². The smallest absolute Gasteiger partial charge is 0.285 e. The van der Waals surface area contributed by atoms with Crippen molar-refractivity contribution in [2.24, 2.45) is 0 Å². The number of nitrogens with zero attached hydrogens (tertiary/aromatic N) is 2. The molecule has 8 heteroatoms. The first-order chi connectivity index (χ1) is 9.88. The molecule has 0 radical (unpaired) electrons. The Bertz CT molecular complexity index is 780. The minimum atomic E-state index is -0.682. The second-order valence-corrected chi connectivity index (χ2v) is 4.24. The van der Waals surface area contributed by atoms with Gasteiger partial charge in [-0.2, -0.15) is 0 Å². The van der Waals surface area contributed by atoms with Crippen LogP contribution in [0.15, 0.2) is 41.3 Å². The van der Waals surface area contributed by atoms with Gasteiger partial charge in [0.1, 0.15) is 11.5 Å². The number of hydrogen-bond acceptors (Lipinski definition) is 6. The Kier molecular flexibility index (Phi) is 3.70. The minimum absolute atomic E-state index is 0.0915. The van der Waals surface area contributed by atoms with E-state index in [0.717, 1.165) is 29.0 Å². The van der Waals surface area contributed by atoms with Crippen molar-refractivity contribution in [3.05, 3.63) is 62.6 Å². The predicted octanol–water partition coefficient (Wildman–Crippen LogP) is 1.05. The molecule has 8 nitrogen and oxygen atoms in total. The number of aromatic nitrogens is 1. The Morgan fingerprint density at radius 2 is 1.95 bits per heavy atom. The molecule has 0 fully saturated rings. The SMILES string of the molecule is O=C(Cn1cc([N+](=O)[O-])ccc1=O)c1ccc(O)cc1O. The molecule has 0 amide bonds. The maximum absolute atomic E-state index is 12.0. The summed E-state index contributed by atoms with van der Waals surface area (Å²) in [6, 6.07) is 5.44. The van der Waals surface area contributed by atoms with Crippen LogP contribution in [0.2, 0.25) is 0 Å². The van der Waals surface area contributed by atoms with Crippen LogP contribution in [0.3, 0.4) is 0 Å². The predicted molar refractivity (Wildman–Crippen MR) is 71.5 cm³/mol. The quantitative estimate of drug-likeness (QED) is 0.493. The van der Waals surface area contributed by atoms with Gasteiger partial charge in [0.05, 0.1) is 23.2 Å². The van der Waals surface area contributed by atoms with Gasteiger partial charge in [-0.05, 0) is 12.1 Å². The number of phenols is 2. The van der Waals surface area contributed by atoms with E-state index in [1.165, 1.54) is 12.1 Å². The number of benzene rings is 1. The summed E-state index contributed by atoms with van der Waals surface area (Å²) < 4.78 is 0.882. The fraction of sp³-hybridized carbons (Fsp3) is 0.0769. The van der Waals surface area contributed by atoms with Crippen molar-refractivity contribution in [1.82, 2.24) is 4.57 Å². The van der Waals surface area contributed by atoms with Crippen LogP contribution in [0, 0.1) is 10.1 Å². The monoisotopic (exact) mass is 290 g/mol. The Morgan fingerprint density at radius 1 is 1.24 bits per heavy atom. The van der Waals surface area contributed by atoms with Gasteiger partial charge < -0.3 is 14.8 Å². The van der Waals surface area contributed by atoms with E-state index in [9.17, 15) is 24.8 Å². The fourth-order valence-corrected chi connectivity index (χ4v) is 1.75. The number of pyridine rings is 1. The maximum Gasteiger partial charge on any atom is 0.285 e. The standard InChI is InChI=1S/C13H10N2O6/c16-9-2-3-10(11(17)5-9)12(18)7-14-6-8(15(20)21)1-4-13(14)19/h1-6,16-17H,7H2. The van der Waals surface area contributed by atoms with Crippen LogP contribution in [0.25, 0.3) is 0 Å². The van der Waals surface area contributed by atoms with Crippen LogP contribution in [-0.4, -0.2) is 25.5 Å². The average Bonchev–Trinajstić information content (AvgIpc) is 2.40. The molecule has 1 aromatic carbocycles. The van der Waals surface area contributed by atoms with E-state index in [-0.39, 0.29) is 17.0 Å². The first kappa shape index (κ1) is 14.3. The number of carbonyl (C=O) groups excluding carboxylic acids is 1. The molecule has 0 unspecified atom stereocenters. The first-order valence-electron chi connectivity index (χ1n) is 5.78. The van der Waals surface area contributed by atoms with Crippen LogP contribution < -0.4 is 5.56 Å². The normalized spacial score (nSPS) is 10.3. The number of rotatable bonds is 4. The van der Waals surface area contributed by atoms with Crippen molar-refractivity contribution in [1.29, 1.82) is 0 Å². The molecule has 2 rings (SSSR count). The molecular weight excluding hydrogens is 280 g/mol. The van der Waals surface area contributed by atoms with Gasteiger partial charge in [-0.3, -0.25) is 19.7 Å². The van der Waals surface area contributed by atoms with Crippen LogP contribution in [0.1, 0.15) is 10.4 Å². The van der Waals surface area contributed by atoms with E-state index in [0.29, 0.717) is 0 Å². The molecule has 0 saturated carbocycles. The topological polar surface area (TPSA) is 123 Å². The Balaban J connectivity index is 2.33. The molecule has 0 saturated heterocycles. The zero-order valence-corrected chi connectivity index (χ0v) is 10.6. The number of Topliss-reactive ketones (excluding diaryl/α,β-unsaturated/α-hetero) is 1. The van der Waals surface area contributed by atoms with Gasteiger partial charge >= 0.3 is 0 Å². The van der Waals surface area contributed by atoms with E-state index in [2.05, 4.69) is 0 Å². The number of nitro groups is 1. The average molecular weight is 290 g/mol. The molecule has 21 heavy (non-hydrogen) atoms. The minimum Gasteiger partial charge on any atom is -0.508 e. The molecule has 2 N–H and O–H groups in total. The second-order valence-electron chi connectivity index (χ2n) is 4.24. The third-order valence-electron chi connectivity index (χ3n) is 2.77. The van der Waals surface area contributed by atoms with Crippen LogP contribution in [0.5, 0.6) is 11.5 Å². The summed E-state index contributed by atoms with van der Waals surface area (Å²) in [5.74, 6) is -1.26. The Morgan fingerprint density at radius 3 is 2.57 bits per heavy atom. The van der Waals surface area contributed by atoms with E-state index in [1.807, 2.05) is 0 Å². The lowest BCUT2D eigenvalue weighted by molar-refractivity contribution is -0.385. The molecule has 0 bridgehead atoms. The third kappa shape index (κ3) is 3.06. The summed E-state index contributed by atoms with van der Waals surface area (Å²) in [5, 5.41) is 29.4. The van der Waals surface area contributed by atoms with Crippen molar-refractivity contribution >= 4 is 11.5 Å². The molecule has 2 aromatic rings. The molecule has 1 aromatic heterocycles. The zero-order valence-electron chi connectivity index (χ0n) is 10.6. The highest BCUT2D eigenvalue weighted by Crippen LogP contribution is 2.23. The fourth-order valence-electron chi connectivity index (χ4n) is 1.75. The summed E-state index contributed by atoms with van der Waals surface area (Å²) >= 11 is 0. The molecule has 0 aliphatic rings. The summed E-state index contributed by atoms with van der Waals surface area (Å²) in [6.45, 7) is -0.459. The number of carbonyl (C=O) groups is 1. The highest BCUT2D eigenvalue weighted by atomic mass is 16.6. The lowest BCUT2D eigenvalue weighted by Gasteiger charge is -2.06. The number of ketones is 1. The lowest BCUT2D eigenvalue weighted by Crippen LogP contribution is -2.23. The molecular formula is C13H10N2O6. The molecule has 108 valence electrons. The van der Waals surface area contributed by atoms with Crippen molar-refractivity contribution in [3.63, 3.8) is 0 Å². The highest BCUT2D eigenvalue weighted by Gasteiger charge is 2.15. The van der Waals surface area contributed by atoms with Gasteiger partial charge in [0.15, 0.2) is 5.78 Å². The molecule has 1 heterocycles. The molecule has 0 spiro atoms. The summed E-state index contributed by atoms with van der Waals surface area (Å²) in [6.07, 6.45) is 0.956. The third-order valence-corrected chi connectivity index (χ3v) is 2.77. The van der Waals surface area contributed by atoms with Gasteiger partial charge in [-0.25, -0.2) is 0 Å². The molecule has 0 atom stereocenters.